The summed E-state index contributed by atoms with van der Waals surface area (Å²) in [7, 11) is -10.4. The topological polar surface area (TPSA) is 193 Å². The fourth-order valence-corrected chi connectivity index (χ4v) is 0. The van der Waals surface area contributed by atoms with Gasteiger partial charge in [-0.05, 0) is 0 Å². The second-order valence-corrected chi connectivity index (χ2v) is 3.06. The number of hydrogen-bond donors (Lipinski definition) is 7. The zero-order chi connectivity index (χ0) is 11.7. The van der Waals surface area contributed by atoms with Crippen LogP contribution in [0.2, 0.25) is 0 Å². The van der Waals surface area contributed by atoms with Crippen LogP contribution in [-0.4, -0.2) is 34.3 Å². The predicted molar refractivity (Wildman–Crippen MR) is 38.4 cm³/mol. The minimum atomic E-state index is -4.64. The van der Waals surface area contributed by atoms with E-state index < -0.39 is 24.3 Å². The summed E-state index contributed by atoms with van der Waals surface area (Å²) in [5.74, 6) is 0. The van der Waals surface area contributed by atoms with E-state index in [1.54, 1.807) is 0 Å². The Balaban J connectivity index is -0.000000117. The normalized spacial score (nSPS) is 8.54. The SMILES string of the molecule is O=P(O)(O)O.O=[P+](O)O.O=[P+](O)O. The number of hydrogen-bond acceptors (Lipinski definition) is 3. The maximum atomic E-state index is 8.88. The second-order valence-electron chi connectivity index (χ2n) is 1.02. The van der Waals surface area contributed by atoms with Crippen LogP contribution in [0.4, 0.5) is 0 Å². The maximum absolute atomic E-state index is 8.88. The van der Waals surface area contributed by atoms with Gasteiger partial charge in [-0.15, -0.1) is 19.6 Å². The molecule has 0 aromatic rings. The molecule has 0 amide bonds. The molecule has 0 aromatic heterocycles. The Hall–Kier alpha value is 0.150. The van der Waals surface area contributed by atoms with Gasteiger partial charge < -0.3 is 14.7 Å². The Bertz CT molecular complexity index is 158. The largest absolute Gasteiger partial charge is 0.692 e. The van der Waals surface area contributed by atoms with Gasteiger partial charge in [0.2, 0.25) is 0 Å². The first-order valence-electron chi connectivity index (χ1n) is 1.95. The Morgan fingerprint density at radius 2 is 0.769 bits per heavy atom. The van der Waals surface area contributed by atoms with E-state index >= 15 is 0 Å². The molecule has 0 spiro atoms. The highest BCUT2D eigenvalue weighted by Crippen LogP contribution is 2.25. The van der Waals surface area contributed by atoms with Crippen LogP contribution in [0.25, 0.3) is 0 Å². The van der Waals surface area contributed by atoms with Gasteiger partial charge >= 0.3 is 24.3 Å². The Morgan fingerprint density at radius 1 is 0.769 bits per heavy atom. The van der Waals surface area contributed by atoms with Crippen LogP contribution in [-0.2, 0) is 13.7 Å². The summed E-state index contributed by atoms with van der Waals surface area (Å²) in [6.45, 7) is 0. The zero-order valence-electron chi connectivity index (χ0n) is 5.70. The standard InChI is InChI=1S/H3O4P.2HO3P/c1-5(2,3)4;2*1-4(2)3/h(H3,1,2,3,4);2*(H-,1,2,3)/p+2. The molecule has 0 radical (unpaired) electrons. The lowest BCUT2D eigenvalue weighted by molar-refractivity contribution is 0.275. The lowest BCUT2D eigenvalue weighted by Crippen LogP contribution is -1.66. The van der Waals surface area contributed by atoms with E-state index in [1.807, 2.05) is 0 Å². The van der Waals surface area contributed by atoms with Gasteiger partial charge in [-0.3, -0.25) is 0 Å². The van der Waals surface area contributed by atoms with Crippen LogP contribution in [0.3, 0.4) is 0 Å². The fourth-order valence-electron chi connectivity index (χ4n) is 0. The van der Waals surface area contributed by atoms with Crippen molar-refractivity contribution in [1.82, 2.24) is 0 Å². The van der Waals surface area contributed by atoms with Crippen molar-refractivity contribution in [2.45, 2.75) is 0 Å². The van der Waals surface area contributed by atoms with Crippen molar-refractivity contribution in [3.05, 3.63) is 0 Å². The lowest BCUT2D eigenvalue weighted by Gasteiger charge is -1.82. The van der Waals surface area contributed by atoms with Gasteiger partial charge in [0.15, 0.2) is 0 Å². The van der Waals surface area contributed by atoms with Gasteiger partial charge in [0.25, 0.3) is 0 Å². The van der Waals surface area contributed by atoms with Crippen molar-refractivity contribution in [2.24, 2.45) is 0 Å². The van der Waals surface area contributed by atoms with Crippen molar-refractivity contribution in [2.75, 3.05) is 0 Å². The summed E-state index contributed by atoms with van der Waals surface area (Å²) in [5.41, 5.74) is 0. The first kappa shape index (κ1) is 18.8. The van der Waals surface area contributed by atoms with E-state index in [1.165, 1.54) is 0 Å². The van der Waals surface area contributed by atoms with E-state index in [2.05, 4.69) is 0 Å². The smallest absolute Gasteiger partial charge is 0.303 e. The summed E-state index contributed by atoms with van der Waals surface area (Å²) < 4.78 is 26.3. The van der Waals surface area contributed by atoms with Crippen LogP contribution in [0.1, 0.15) is 0 Å². The minimum absolute atomic E-state index is 2.87. The third kappa shape index (κ3) is 55600. The van der Waals surface area contributed by atoms with Crippen LogP contribution >= 0.6 is 24.3 Å². The second kappa shape index (κ2) is 10.2. The molecule has 0 aliphatic carbocycles. The average molecular weight is 260 g/mol. The maximum Gasteiger partial charge on any atom is 0.692 e. The first-order valence-corrected chi connectivity index (χ1v) is 5.84. The molecule has 0 fully saturated rings. The highest BCUT2D eigenvalue weighted by molar-refractivity contribution is 7.45. The molecule has 0 aliphatic rings. The average Bonchev–Trinajstić information content (AvgIpc) is 1.50. The predicted octanol–water partition coefficient (Wildman–Crippen LogP) is -1.67. The molecule has 0 aromatic carbocycles. The quantitative estimate of drug-likeness (QED) is 0.247. The third-order valence-corrected chi connectivity index (χ3v) is 0. The van der Waals surface area contributed by atoms with E-state index in [-0.39, 0.29) is 0 Å². The van der Waals surface area contributed by atoms with Crippen molar-refractivity contribution in [3.63, 3.8) is 0 Å². The lowest BCUT2D eigenvalue weighted by atomic mass is 15.8. The van der Waals surface area contributed by atoms with Crippen molar-refractivity contribution < 1.29 is 47.9 Å². The van der Waals surface area contributed by atoms with Crippen LogP contribution in [0, 0.1) is 0 Å². The third-order valence-electron chi connectivity index (χ3n) is 0. The molecule has 80 valence electrons. The van der Waals surface area contributed by atoms with Gasteiger partial charge in [0.05, 0.1) is 0 Å². The van der Waals surface area contributed by atoms with Gasteiger partial charge in [-0.1, -0.05) is 0 Å². The molecule has 0 aliphatic heterocycles. The fraction of sp³-hybridized carbons (Fsp3) is 0. The van der Waals surface area contributed by atoms with Gasteiger partial charge in [0, 0.05) is 9.13 Å². The summed E-state index contributed by atoms with van der Waals surface area (Å²) in [5, 5.41) is 0. The van der Waals surface area contributed by atoms with Crippen LogP contribution in [0.15, 0.2) is 0 Å². The van der Waals surface area contributed by atoms with E-state index in [0.29, 0.717) is 0 Å². The highest BCUT2D eigenvalue weighted by atomic mass is 31.2. The molecule has 0 rings (SSSR count). The summed E-state index contributed by atoms with van der Waals surface area (Å²) >= 11 is 0. The molecule has 13 heteroatoms. The molecule has 0 bridgehead atoms. The molecular formula is H7O10P3+2. The van der Waals surface area contributed by atoms with E-state index in [0.717, 1.165) is 0 Å². The molecule has 0 saturated carbocycles. The molecule has 13 heavy (non-hydrogen) atoms. The molecule has 7 N–H and O–H groups in total. The first-order chi connectivity index (χ1) is 5.46. The molecule has 0 saturated heterocycles. The highest BCUT2D eigenvalue weighted by Gasteiger charge is 2.00. The number of phosphoric acid groups is 1. The Kier molecular flexibility index (Phi) is 14.8. The van der Waals surface area contributed by atoms with Crippen molar-refractivity contribution >= 4 is 24.3 Å². The van der Waals surface area contributed by atoms with Crippen molar-refractivity contribution in [1.29, 1.82) is 0 Å². The minimum Gasteiger partial charge on any atom is -0.303 e. The molecule has 0 heterocycles. The molecule has 0 unspecified atom stereocenters. The van der Waals surface area contributed by atoms with E-state index in [9.17, 15) is 0 Å². The Labute approximate surface area is 73.3 Å². The molecule has 0 atom stereocenters. The van der Waals surface area contributed by atoms with Gasteiger partial charge in [0.1, 0.15) is 0 Å². The van der Waals surface area contributed by atoms with Gasteiger partial charge in [-0.2, -0.15) is 0 Å². The monoisotopic (exact) mass is 260 g/mol. The molecule has 10 nitrogen and oxygen atoms in total. The van der Waals surface area contributed by atoms with Crippen molar-refractivity contribution in [3.8, 4) is 0 Å². The summed E-state index contributed by atoms with van der Waals surface area (Å²) in [4.78, 5) is 50.0. The van der Waals surface area contributed by atoms with Gasteiger partial charge in [-0.25, -0.2) is 4.57 Å². The Morgan fingerprint density at radius 3 is 0.769 bits per heavy atom. The number of rotatable bonds is 0. The van der Waals surface area contributed by atoms with Crippen LogP contribution < -0.4 is 0 Å². The molecular weight excluding hydrogens is 253 g/mol. The van der Waals surface area contributed by atoms with E-state index in [4.69, 9.17) is 47.9 Å². The van der Waals surface area contributed by atoms with Crippen LogP contribution in [0.5, 0.6) is 0 Å². The zero-order valence-corrected chi connectivity index (χ0v) is 8.38. The summed E-state index contributed by atoms with van der Waals surface area (Å²) in [6.07, 6.45) is 0. The summed E-state index contributed by atoms with van der Waals surface area (Å²) in [6, 6.07) is 0.